The predicted octanol–water partition coefficient (Wildman–Crippen LogP) is 3.46. The highest BCUT2D eigenvalue weighted by Gasteiger charge is 2.70. The van der Waals surface area contributed by atoms with Gasteiger partial charge in [-0.2, -0.15) is 0 Å². The molecule has 4 saturated heterocycles. The third kappa shape index (κ3) is 3.42. The number of nitrogens with one attached hydrogen (secondary N) is 1. The van der Waals surface area contributed by atoms with Crippen molar-refractivity contribution in [3.05, 3.63) is 30.3 Å². The summed E-state index contributed by atoms with van der Waals surface area (Å²) in [7, 11) is 1.70. The number of fused-ring (bicyclic) bond motifs is 1. The first kappa shape index (κ1) is 20.2. The molecule has 1 aromatic rings. The Morgan fingerprint density at radius 3 is 2.73 bits per heavy atom. The third-order valence-electron chi connectivity index (χ3n) is 7.48. The molecule has 4 aliphatic heterocycles. The summed E-state index contributed by atoms with van der Waals surface area (Å²) in [4.78, 5) is 15.2. The number of carbonyl (C=O) groups excluding carboxylic acids is 1. The summed E-state index contributed by atoms with van der Waals surface area (Å²) in [5.74, 6) is 0.655. The monoisotopic (exact) mass is 416 g/mol. The van der Waals surface area contributed by atoms with Crippen molar-refractivity contribution in [2.24, 2.45) is 17.8 Å². The lowest BCUT2D eigenvalue weighted by atomic mass is 9.73. The molecule has 7 nitrogen and oxygen atoms in total. The topological polar surface area (TPSA) is 69.3 Å². The van der Waals surface area contributed by atoms with Gasteiger partial charge in [-0.05, 0) is 50.4 Å². The molecule has 6 unspecified atom stereocenters. The maximum Gasteiger partial charge on any atom is 0.411 e. The second kappa shape index (κ2) is 8.11. The Balaban J connectivity index is 1.40. The Labute approximate surface area is 178 Å². The van der Waals surface area contributed by atoms with Crippen LogP contribution in [0.5, 0.6) is 0 Å². The van der Waals surface area contributed by atoms with Gasteiger partial charge in [0.1, 0.15) is 11.7 Å². The fraction of sp³-hybridized carbons (Fsp3) is 0.696. The number of likely N-dealkylation sites (tertiary alicyclic amines) is 1. The minimum Gasteiger partial charge on any atom is -0.443 e. The molecule has 5 aliphatic rings. The molecule has 4 heterocycles. The minimum absolute atomic E-state index is 0.0546. The second-order valence-electron chi connectivity index (χ2n) is 9.19. The number of hydrogen-bond acceptors (Lipinski definition) is 6. The van der Waals surface area contributed by atoms with E-state index in [1.54, 1.807) is 7.11 Å². The van der Waals surface area contributed by atoms with Gasteiger partial charge in [-0.25, -0.2) is 4.79 Å². The van der Waals surface area contributed by atoms with Gasteiger partial charge in [0.15, 0.2) is 12.6 Å². The Kier molecular flexibility index (Phi) is 5.47. The molecule has 7 atom stereocenters. The van der Waals surface area contributed by atoms with E-state index in [2.05, 4.69) is 17.1 Å². The number of ether oxygens (including phenoxy) is 4. The molecule has 1 aliphatic carbocycles. The zero-order valence-electron chi connectivity index (χ0n) is 17.8. The van der Waals surface area contributed by atoms with E-state index in [0.29, 0.717) is 5.92 Å². The van der Waals surface area contributed by atoms with E-state index in [0.717, 1.165) is 31.7 Å². The SMILES string of the molecule is COC1OC2OC3(CN4CCCCC4)C1C(C[C@H]3OC(=O)Nc1ccccc1)C2C. The Morgan fingerprint density at radius 2 is 2.00 bits per heavy atom. The summed E-state index contributed by atoms with van der Waals surface area (Å²) in [5.41, 5.74) is 0.133. The van der Waals surface area contributed by atoms with Gasteiger partial charge in [-0.1, -0.05) is 31.5 Å². The molecule has 1 N–H and O–H groups in total. The van der Waals surface area contributed by atoms with Gasteiger partial charge in [-0.3, -0.25) is 5.32 Å². The zero-order chi connectivity index (χ0) is 20.7. The van der Waals surface area contributed by atoms with Crippen LogP contribution in [0.3, 0.4) is 0 Å². The van der Waals surface area contributed by atoms with Gasteiger partial charge >= 0.3 is 6.09 Å². The van der Waals surface area contributed by atoms with E-state index >= 15 is 0 Å². The summed E-state index contributed by atoms with van der Waals surface area (Å²) < 4.78 is 24.5. The van der Waals surface area contributed by atoms with Crippen molar-refractivity contribution >= 4 is 11.8 Å². The van der Waals surface area contributed by atoms with Gasteiger partial charge in [-0.15, -0.1) is 0 Å². The third-order valence-corrected chi connectivity index (χ3v) is 7.48. The number of anilines is 1. The molecule has 1 aromatic carbocycles. The summed E-state index contributed by atoms with van der Waals surface area (Å²) in [6, 6.07) is 9.40. The first-order valence-electron chi connectivity index (χ1n) is 11.2. The van der Waals surface area contributed by atoms with Crippen LogP contribution in [0.25, 0.3) is 0 Å². The maximum absolute atomic E-state index is 12.8. The Bertz CT molecular complexity index is 755. The van der Waals surface area contributed by atoms with Crippen LogP contribution in [0.1, 0.15) is 32.6 Å². The van der Waals surface area contributed by atoms with Gasteiger partial charge in [0.25, 0.3) is 0 Å². The highest BCUT2D eigenvalue weighted by Crippen LogP contribution is 2.59. The molecule has 1 saturated carbocycles. The summed E-state index contributed by atoms with van der Waals surface area (Å²) in [6.07, 6.45) is 3.07. The van der Waals surface area contributed by atoms with Crippen LogP contribution in [-0.4, -0.2) is 62.0 Å². The lowest BCUT2D eigenvalue weighted by Gasteiger charge is -2.56. The number of carbonyl (C=O) groups is 1. The van der Waals surface area contributed by atoms with E-state index in [1.165, 1.54) is 19.3 Å². The predicted molar refractivity (Wildman–Crippen MR) is 111 cm³/mol. The average Bonchev–Trinajstić information content (AvgIpc) is 3.03. The van der Waals surface area contributed by atoms with Crippen LogP contribution >= 0.6 is 0 Å². The smallest absolute Gasteiger partial charge is 0.411 e. The molecule has 5 fully saturated rings. The molecule has 7 heteroatoms. The normalized spacial score (nSPS) is 40.3. The van der Waals surface area contributed by atoms with Crippen molar-refractivity contribution < 1.29 is 23.7 Å². The number of piperidine rings is 1. The number of rotatable bonds is 5. The fourth-order valence-electron chi connectivity index (χ4n) is 6.05. The summed E-state index contributed by atoms with van der Waals surface area (Å²) in [5, 5.41) is 2.86. The van der Waals surface area contributed by atoms with E-state index in [9.17, 15) is 4.79 Å². The van der Waals surface area contributed by atoms with Crippen molar-refractivity contribution in [3.63, 3.8) is 0 Å². The quantitative estimate of drug-likeness (QED) is 0.793. The van der Waals surface area contributed by atoms with Gasteiger partial charge in [0.05, 0.1) is 0 Å². The molecule has 30 heavy (non-hydrogen) atoms. The molecule has 4 bridgehead atoms. The van der Waals surface area contributed by atoms with E-state index in [1.807, 2.05) is 30.3 Å². The van der Waals surface area contributed by atoms with Gasteiger partial charge < -0.3 is 23.8 Å². The number of hydrogen-bond donors (Lipinski definition) is 1. The van der Waals surface area contributed by atoms with Crippen molar-refractivity contribution in [2.45, 2.75) is 56.9 Å². The minimum atomic E-state index is -0.591. The van der Waals surface area contributed by atoms with Crippen molar-refractivity contribution in [3.8, 4) is 0 Å². The van der Waals surface area contributed by atoms with E-state index in [4.69, 9.17) is 18.9 Å². The Morgan fingerprint density at radius 1 is 1.23 bits per heavy atom. The first-order valence-corrected chi connectivity index (χ1v) is 11.2. The average molecular weight is 417 g/mol. The van der Waals surface area contributed by atoms with Crippen molar-refractivity contribution in [1.82, 2.24) is 4.90 Å². The van der Waals surface area contributed by atoms with E-state index < -0.39 is 11.7 Å². The van der Waals surface area contributed by atoms with E-state index in [-0.39, 0.29) is 30.5 Å². The van der Waals surface area contributed by atoms with Gasteiger partial charge in [0, 0.05) is 31.2 Å². The van der Waals surface area contributed by atoms with Crippen LogP contribution in [0.4, 0.5) is 10.5 Å². The first-order chi connectivity index (χ1) is 14.6. The summed E-state index contributed by atoms with van der Waals surface area (Å²) in [6.45, 7) is 5.05. The lowest BCUT2D eigenvalue weighted by Crippen LogP contribution is -2.68. The lowest BCUT2D eigenvalue weighted by molar-refractivity contribution is -0.410. The van der Waals surface area contributed by atoms with Crippen LogP contribution in [0.2, 0.25) is 0 Å². The molecule has 164 valence electrons. The molecular formula is C23H32N2O5. The molecular weight excluding hydrogens is 384 g/mol. The number of nitrogens with zero attached hydrogens (tertiary/aromatic N) is 1. The molecule has 0 aromatic heterocycles. The fourth-order valence-corrected chi connectivity index (χ4v) is 6.05. The molecule has 0 spiro atoms. The standard InChI is InChI=1S/C23H32N2O5/c1-15-17-13-18(28-22(26)24-16-9-5-3-6-10-16)23(14-25-11-7-4-8-12-25)19(17)21(27-2)29-20(15)30-23/h3,5-6,9-10,15,17-21H,4,7-8,11-14H2,1-2H3,(H,24,26)/t15?,17?,18-,19?,20?,21?,23?/m1/s1. The highest BCUT2D eigenvalue weighted by molar-refractivity contribution is 5.84. The van der Waals surface area contributed by atoms with Crippen molar-refractivity contribution in [1.29, 1.82) is 0 Å². The van der Waals surface area contributed by atoms with Crippen LogP contribution in [-0.2, 0) is 18.9 Å². The molecule has 6 rings (SSSR count). The number of para-hydroxylation sites is 1. The van der Waals surface area contributed by atoms with Crippen molar-refractivity contribution in [2.75, 3.05) is 32.1 Å². The van der Waals surface area contributed by atoms with Gasteiger partial charge in [0.2, 0.25) is 0 Å². The second-order valence-corrected chi connectivity index (χ2v) is 9.19. The summed E-state index contributed by atoms with van der Waals surface area (Å²) >= 11 is 0. The number of amides is 1. The Hall–Kier alpha value is -1.67. The van der Waals surface area contributed by atoms with Crippen LogP contribution < -0.4 is 5.32 Å². The number of benzene rings is 1. The molecule has 0 radical (unpaired) electrons. The van der Waals surface area contributed by atoms with Crippen LogP contribution in [0, 0.1) is 17.8 Å². The van der Waals surface area contributed by atoms with Crippen LogP contribution in [0.15, 0.2) is 30.3 Å². The highest BCUT2D eigenvalue weighted by atomic mass is 16.8. The zero-order valence-corrected chi connectivity index (χ0v) is 17.8. The largest absolute Gasteiger partial charge is 0.443 e. The number of methoxy groups -OCH3 is 1. The molecule has 1 amide bonds. The maximum atomic E-state index is 12.8.